The monoisotopic (exact) mass is 139 g/mol. The van der Waals surface area contributed by atoms with Gasteiger partial charge in [-0.05, 0) is 0 Å². The lowest BCUT2D eigenvalue weighted by Gasteiger charge is -1.85. The molecular weight excluding hydrogens is 138 g/mol. The van der Waals surface area contributed by atoms with Gasteiger partial charge in [-0.2, -0.15) is 15.0 Å². The summed E-state index contributed by atoms with van der Waals surface area (Å²) >= 11 is 0. The fourth-order valence-electron chi connectivity index (χ4n) is 0.228. The summed E-state index contributed by atoms with van der Waals surface area (Å²) < 4.78 is 0. The van der Waals surface area contributed by atoms with Crippen LogP contribution in [0.4, 0.5) is 0 Å². The van der Waals surface area contributed by atoms with Gasteiger partial charge in [-0.3, -0.25) is 0 Å². The minimum Gasteiger partial charge on any atom is -0.211 e. The minimum atomic E-state index is -1.37. The number of hydrogen-bond donors (Lipinski definition) is 0. The van der Waals surface area contributed by atoms with Crippen molar-refractivity contribution in [2.45, 2.75) is 6.29 Å². The molecule has 0 saturated carbocycles. The summed E-state index contributed by atoms with van der Waals surface area (Å²) in [6, 6.07) is 0. The molecule has 0 aliphatic heterocycles. The molecule has 0 rings (SSSR count). The lowest BCUT2D eigenvalue weighted by molar-refractivity contribution is 0.545. The SMILES string of the molecule is O=C=NC(N=C=O)N=C=O. The first kappa shape index (κ1) is 8.14. The van der Waals surface area contributed by atoms with Crippen LogP contribution in [0.15, 0.2) is 15.0 Å². The van der Waals surface area contributed by atoms with E-state index in [-0.39, 0.29) is 0 Å². The second kappa shape index (κ2) is 5.28. The molecule has 0 aromatic carbocycles. The van der Waals surface area contributed by atoms with Crippen molar-refractivity contribution in [3.05, 3.63) is 0 Å². The van der Waals surface area contributed by atoms with Crippen molar-refractivity contribution in [3.8, 4) is 0 Å². The predicted octanol–water partition coefficient (Wildman–Crippen LogP) is -0.723. The molecule has 6 nitrogen and oxygen atoms in total. The van der Waals surface area contributed by atoms with Crippen molar-refractivity contribution < 1.29 is 14.4 Å². The van der Waals surface area contributed by atoms with Gasteiger partial charge in [-0.1, -0.05) is 0 Å². The van der Waals surface area contributed by atoms with Crippen molar-refractivity contribution in [2.24, 2.45) is 15.0 Å². The smallest absolute Gasteiger partial charge is 0.211 e. The molecule has 0 heterocycles. The topological polar surface area (TPSA) is 88.3 Å². The molecule has 0 fully saturated rings. The maximum atomic E-state index is 9.49. The third-order valence-electron chi connectivity index (χ3n) is 0.505. The number of rotatable bonds is 3. The highest BCUT2D eigenvalue weighted by Gasteiger charge is 1.96. The third kappa shape index (κ3) is 3.18. The van der Waals surface area contributed by atoms with Crippen molar-refractivity contribution in [1.29, 1.82) is 0 Å². The summed E-state index contributed by atoms with van der Waals surface area (Å²) in [6.45, 7) is 0. The molecule has 0 spiro atoms. The van der Waals surface area contributed by atoms with Gasteiger partial charge in [0.1, 0.15) is 0 Å². The highest BCUT2D eigenvalue weighted by atomic mass is 16.1. The van der Waals surface area contributed by atoms with Crippen molar-refractivity contribution in [3.63, 3.8) is 0 Å². The maximum Gasteiger partial charge on any atom is 0.267 e. The zero-order chi connectivity index (χ0) is 7.82. The Kier molecular flexibility index (Phi) is 4.30. The van der Waals surface area contributed by atoms with Crippen molar-refractivity contribution in [2.75, 3.05) is 0 Å². The highest BCUT2D eigenvalue weighted by molar-refractivity contribution is 5.39. The van der Waals surface area contributed by atoms with Gasteiger partial charge >= 0.3 is 0 Å². The van der Waals surface area contributed by atoms with E-state index in [2.05, 4.69) is 15.0 Å². The van der Waals surface area contributed by atoms with E-state index in [1.54, 1.807) is 0 Å². The summed E-state index contributed by atoms with van der Waals surface area (Å²) in [6.07, 6.45) is 1.83. The van der Waals surface area contributed by atoms with Crippen LogP contribution in [-0.2, 0) is 14.4 Å². The maximum absolute atomic E-state index is 9.49. The number of aliphatic imine (C=N–C) groups is 3. The van der Waals surface area contributed by atoms with E-state index in [1.165, 1.54) is 0 Å². The first-order chi connectivity index (χ1) is 4.85. The summed E-state index contributed by atoms with van der Waals surface area (Å²) in [5, 5.41) is 0. The second-order valence-electron chi connectivity index (χ2n) is 1.01. The van der Waals surface area contributed by atoms with Crippen LogP contribution >= 0.6 is 0 Å². The third-order valence-corrected chi connectivity index (χ3v) is 0.505. The summed E-state index contributed by atoms with van der Waals surface area (Å²) in [7, 11) is 0. The van der Waals surface area contributed by atoms with Crippen molar-refractivity contribution >= 4 is 18.2 Å². The van der Waals surface area contributed by atoms with Gasteiger partial charge in [0.2, 0.25) is 18.2 Å². The molecule has 0 saturated heterocycles. The van der Waals surface area contributed by atoms with Crippen LogP contribution in [0.1, 0.15) is 0 Å². The molecule has 50 valence electrons. The van der Waals surface area contributed by atoms with Gasteiger partial charge in [0.05, 0.1) is 0 Å². The average molecular weight is 139 g/mol. The molecule has 0 bridgehead atoms. The van der Waals surface area contributed by atoms with Crippen LogP contribution in [0.2, 0.25) is 0 Å². The normalized spacial score (nSPS) is 9.60. The Morgan fingerprint density at radius 2 is 1.10 bits per heavy atom. The summed E-state index contributed by atoms with van der Waals surface area (Å²) in [5.74, 6) is 0. The molecule has 6 heteroatoms. The number of nitrogens with zero attached hydrogens (tertiary/aromatic N) is 3. The Morgan fingerprint density at radius 1 is 0.800 bits per heavy atom. The zero-order valence-corrected chi connectivity index (χ0v) is 4.64. The largest absolute Gasteiger partial charge is 0.267 e. The van der Waals surface area contributed by atoms with E-state index in [4.69, 9.17) is 0 Å². The van der Waals surface area contributed by atoms with Crippen LogP contribution in [0.25, 0.3) is 0 Å². The summed E-state index contributed by atoms with van der Waals surface area (Å²) in [5.41, 5.74) is 0. The number of carbonyl (C=O) groups excluding carboxylic acids is 3. The van der Waals surface area contributed by atoms with Gasteiger partial charge in [0, 0.05) is 0 Å². The van der Waals surface area contributed by atoms with E-state index < -0.39 is 6.29 Å². The van der Waals surface area contributed by atoms with Crippen molar-refractivity contribution in [1.82, 2.24) is 0 Å². The summed E-state index contributed by atoms with van der Waals surface area (Å²) in [4.78, 5) is 37.0. The molecule has 0 aliphatic carbocycles. The van der Waals surface area contributed by atoms with Gasteiger partial charge in [0.25, 0.3) is 6.29 Å². The van der Waals surface area contributed by atoms with Crippen LogP contribution < -0.4 is 0 Å². The first-order valence-electron chi connectivity index (χ1n) is 2.06. The lowest BCUT2D eigenvalue weighted by Crippen LogP contribution is -1.92. The molecule has 0 radical (unpaired) electrons. The van der Waals surface area contributed by atoms with Crippen LogP contribution in [0.3, 0.4) is 0 Å². The first-order valence-corrected chi connectivity index (χ1v) is 2.06. The Morgan fingerprint density at radius 3 is 1.30 bits per heavy atom. The Labute approximate surface area is 55.0 Å². The molecule has 0 atom stereocenters. The van der Waals surface area contributed by atoms with Crippen LogP contribution in [0.5, 0.6) is 0 Å². The molecule has 0 unspecified atom stereocenters. The van der Waals surface area contributed by atoms with Crippen LogP contribution in [0, 0.1) is 0 Å². The molecule has 0 N–H and O–H groups in total. The Bertz CT molecular complexity index is 200. The zero-order valence-electron chi connectivity index (χ0n) is 4.64. The molecule has 10 heavy (non-hydrogen) atoms. The van der Waals surface area contributed by atoms with E-state index in [1.807, 2.05) is 0 Å². The quantitative estimate of drug-likeness (QED) is 0.381. The highest BCUT2D eigenvalue weighted by Crippen LogP contribution is 1.89. The molecule has 0 amide bonds. The fraction of sp³-hybridized carbons (Fsp3) is 0.250. The van der Waals surface area contributed by atoms with Gasteiger partial charge in [-0.15, -0.1) is 0 Å². The average Bonchev–Trinajstić information content (AvgIpc) is 1.90. The van der Waals surface area contributed by atoms with Gasteiger partial charge < -0.3 is 0 Å². The molecule has 0 aromatic heterocycles. The van der Waals surface area contributed by atoms with E-state index >= 15 is 0 Å². The molecular formula is C4HN3O3. The van der Waals surface area contributed by atoms with E-state index in [9.17, 15) is 14.4 Å². The second-order valence-corrected chi connectivity index (χ2v) is 1.01. The Hall–Kier alpha value is -1.86. The van der Waals surface area contributed by atoms with Gasteiger partial charge in [-0.25, -0.2) is 14.4 Å². The predicted molar refractivity (Wildman–Crippen MR) is 28.2 cm³/mol. The molecule has 0 aliphatic rings. The standard InChI is InChI=1S/C4HN3O3/c8-1-5-4(6-2-9)7-3-10/h4H. The van der Waals surface area contributed by atoms with E-state index in [0.717, 1.165) is 18.2 Å². The van der Waals surface area contributed by atoms with E-state index in [0.29, 0.717) is 0 Å². The lowest BCUT2D eigenvalue weighted by atomic mass is 10.9. The molecule has 0 aromatic rings. The number of hydrogen-bond acceptors (Lipinski definition) is 6. The fourth-order valence-corrected chi connectivity index (χ4v) is 0.228. The Balaban J connectivity index is 4.39. The minimum absolute atomic E-state index is 1.07. The van der Waals surface area contributed by atoms with Gasteiger partial charge in [0.15, 0.2) is 0 Å². The number of isocyanates is 3. The van der Waals surface area contributed by atoms with Crippen LogP contribution in [-0.4, -0.2) is 24.5 Å².